The van der Waals surface area contributed by atoms with Crippen LogP contribution in [0.1, 0.15) is 65.0 Å². The van der Waals surface area contributed by atoms with E-state index in [-0.39, 0.29) is 35.4 Å². The number of halogens is 5. The SMILES string of the molecule is CC(C)(CC(=O)NNC(=O)C[C@@H]1CCc2cc(C(O)(CF)C(F)(F)F)ccc2N1S(=O)(=O)c1ccc(F)cc1)NC(=O)OC(C)(C)C. The third kappa shape index (κ3) is 9.09. The standard InChI is InChI=1S/C30H37F5N4O7S/c1-27(2,3)46-26(42)36-28(4,5)16-25(41)38-37-24(40)15-21-10-6-18-14-19(29(43,17-31)30(33,34)35)7-13-23(18)39(21)47(44,45)22-11-8-20(32)9-12-22/h7-9,11-14,21,43H,6,10,15-17H2,1-5H3,(H,36,42)(H,37,40)(H,38,41)/t21-,29?/m0/s1. The van der Waals surface area contributed by atoms with Crippen LogP contribution in [0.25, 0.3) is 0 Å². The molecule has 0 saturated carbocycles. The fourth-order valence-corrected chi connectivity index (χ4v) is 6.63. The van der Waals surface area contributed by atoms with Crippen LogP contribution >= 0.6 is 0 Å². The molecular weight excluding hydrogens is 655 g/mol. The number of anilines is 1. The maximum absolute atomic E-state index is 13.8. The van der Waals surface area contributed by atoms with Crippen LogP contribution in [0.15, 0.2) is 47.4 Å². The van der Waals surface area contributed by atoms with Crippen LogP contribution in [0, 0.1) is 5.82 Å². The van der Waals surface area contributed by atoms with Gasteiger partial charge in [-0.1, -0.05) is 12.1 Å². The van der Waals surface area contributed by atoms with Gasteiger partial charge in [0.1, 0.15) is 18.1 Å². The fourth-order valence-electron chi connectivity index (χ4n) is 4.92. The fraction of sp³-hybridized carbons (Fsp3) is 0.500. The molecule has 1 heterocycles. The van der Waals surface area contributed by atoms with E-state index >= 15 is 0 Å². The van der Waals surface area contributed by atoms with E-state index in [0.717, 1.165) is 46.8 Å². The van der Waals surface area contributed by atoms with Gasteiger partial charge in [-0.3, -0.25) is 24.7 Å². The summed E-state index contributed by atoms with van der Waals surface area (Å²) in [6.45, 7) is 5.90. The van der Waals surface area contributed by atoms with Crippen molar-refractivity contribution in [2.45, 2.75) is 94.2 Å². The molecule has 2 atom stereocenters. The molecule has 1 aliphatic heterocycles. The molecule has 0 saturated heterocycles. The Bertz CT molecular complexity index is 1590. The lowest BCUT2D eigenvalue weighted by atomic mass is 9.88. The minimum absolute atomic E-state index is 0.0222. The van der Waals surface area contributed by atoms with Crippen LogP contribution in [-0.2, 0) is 36.4 Å². The van der Waals surface area contributed by atoms with E-state index in [1.165, 1.54) is 0 Å². The van der Waals surface area contributed by atoms with Gasteiger partial charge in [-0.2, -0.15) is 13.2 Å². The number of hydrogen-bond donors (Lipinski definition) is 4. The largest absolute Gasteiger partial charge is 0.444 e. The Kier molecular flexibility index (Phi) is 10.9. The predicted octanol–water partition coefficient (Wildman–Crippen LogP) is 4.29. The third-order valence-corrected chi connectivity index (χ3v) is 8.99. The molecule has 1 aliphatic rings. The number of hydrogen-bond acceptors (Lipinski definition) is 7. The van der Waals surface area contributed by atoms with Gasteiger partial charge in [0.2, 0.25) is 17.4 Å². The number of aryl methyl sites for hydroxylation is 1. The lowest BCUT2D eigenvalue weighted by molar-refractivity contribution is -0.271. The Hall–Kier alpha value is -3.99. The summed E-state index contributed by atoms with van der Waals surface area (Å²) in [6, 6.07) is 5.18. The summed E-state index contributed by atoms with van der Waals surface area (Å²) >= 11 is 0. The number of alkyl carbamates (subject to hydrolysis) is 1. The molecule has 11 nitrogen and oxygen atoms in total. The van der Waals surface area contributed by atoms with E-state index in [1.54, 1.807) is 34.6 Å². The van der Waals surface area contributed by atoms with Crippen LogP contribution < -0.4 is 20.5 Å². The monoisotopic (exact) mass is 692 g/mol. The Labute approximate surface area is 268 Å². The molecule has 2 aromatic carbocycles. The number of nitrogens with one attached hydrogen (secondary N) is 3. The summed E-state index contributed by atoms with van der Waals surface area (Å²) in [6.07, 6.45) is -7.13. The highest BCUT2D eigenvalue weighted by molar-refractivity contribution is 7.92. The second-order valence-corrected chi connectivity index (χ2v) is 14.6. The van der Waals surface area contributed by atoms with E-state index in [2.05, 4.69) is 16.2 Å². The highest BCUT2D eigenvalue weighted by Gasteiger charge is 2.55. The normalized spacial score (nSPS) is 16.8. The number of amides is 3. The Morgan fingerprint density at radius 2 is 1.57 bits per heavy atom. The van der Waals surface area contributed by atoms with Crippen LogP contribution in [-0.4, -0.2) is 61.5 Å². The number of sulfonamides is 1. The van der Waals surface area contributed by atoms with E-state index < -0.39 is 81.4 Å². The quantitative estimate of drug-likeness (QED) is 0.226. The molecule has 3 rings (SSSR count). The molecule has 17 heteroatoms. The Morgan fingerprint density at radius 1 is 0.979 bits per heavy atom. The summed E-state index contributed by atoms with van der Waals surface area (Å²) < 4.78 is 101. The maximum Gasteiger partial charge on any atom is 0.424 e. The Morgan fingerprint density at radius 3 is 2.13 bits per heavy atom. The number of nitrogens with zero attached hydrogens (tertiary/aromatic N) is 1. The van der Waals surface area contributed by atoms with Gasteiger partial charge >= 0.3 is 12.3 Å². The topological polar surface area (TPSA) is 154 Å². The molecule has 1 unspecified atom stereocenters. The predicted molar refractivity (Wildman–Crippen MR) is 160 cm³/mol. The number of carbonyl (C=O) groups is 3. The van der Waals surface area contributed by atoms with Crippen molar-refractivity contribution < 1.29 is 54.6 Å². The van der Waals surface area contributed by atoms with E-state index in [1.807, 2.05) is 0 Å². The molecule has 47 heavy (non-hydrogen) atoms. The van der Waals surface area contributed by atoms with Crippen LogP contribution in [0.4, 0.5) is 32.4 Å². The number of hydrazine groups is 1. The van der Waals surface area contributed by atoms with Gasteiger partial charge in [-0.15, -0.1) is 0 Å². The first-order chi connectivity index (χ1) is 21.5. The molecule has 0 bridgehead atoms. The van der Waals surface area contributed by atoms with Crippen molar-refractivity contribution in [2.24, 2.45) is 0 Å². The number of benzene rings is 2. The smallest absolute Gasteiger partial charge is 0.424 e. The third-order valence-electron chi connectivity index (χ3n) is 7.11. The maximum atomic E-state index is 13.8. The number of alkyl halides is 4. The average molecular weight is 693 g/mol. The average Bonchev–Trinajstić information content (AvgIpc) is 2.93. The van der Waals surface area contributed by atoms with E-state index in [0.29, 0.717) is 0 Å². The van der Waals surface area contributed by atoms with Crippen LogP contribution in [0.2, 0.25) is 0 Å². The minimum atomic E-state index is -5.38. The highest BCUT2D eigenvalue weighted by atomic mass is 32.2. The molecule has 260 valence electrons. The van der Waals surface area contributed by atoms with Crippen LogP contribution in [0.5, 0.6) is 0 Å². The van der Waals surface area contributed by atoms with Crippen molar-refractivity contribution in [2.75, 3.05) is 11.0 Å². The van der Waals surface area contributed by atoms with E-state index in [4.69, 9.17) is 4.74 Å². The van der Waals surface area contributed by atoms with Crippen molar-refractivity contribution in [3.05, 3.63) is 59.4 Å². The first-order valence-corrected chi connectivity index (χ1v) is 15.8. The molecule has 3 amide bonds. The summed E-state index contributed by atoms with van der Waals surface area (Å²) in [5.41, 5.74) is -2.28. The molecule has 0 fully saturated rings. The van der Waals surface area contributed by atoms with Gasteiger partial charge in [-0.25, -0.2) is 22.0 Å². The second kappa shape index (κ2) is 13.6. The van der Waals surface area contributed by atoms with Crippen molar-refractivity contribution in [3.8, 4) is 0 Å². The number of carbonyl (C=O) groups excluding carboxylic acids is 3. The van der Waals surface area contributed by atoms with Crippen molar-refractivity contribution >= 4 is 33.6 Å². The van der Waals surface area contributed by atoms with Gasteiger partial charge in [0.05, 0.1) is 23.0 Å². The molecule has 4 N–H and O–H groups in total. The molecule has 0 aromatic heterocycles. The lowest BCUT2D eigenvalue weighted by Crippen LogP contribution is -2.52. The zero-order valence-corrected chi connectivity index (χ0v) is 27.1. The minimum Gasteiger partial charge on any atom is -0.444 e. The molecule has 0 radical (unpaired) electrons. The zero-order chi connectivity index (χ0) is 35.6. The summed E-state index contributed by atoms with van der Waals surface area (Å²) in [4.78, 5) is 37.2. The number of ether oxygens (including phenoxy) is 1. The zero-order valence-electron chi connectivity index (χ0n) is 26.3. The first kappa shape index (κ1) is 37.5. The van der Waals surface area contributed by atoms with Gasteiger partial charge in [0.25, 0.3) is 10.0 Å². The number of fused-ring (bicyclic) bond motifs is 1. The van der Waals surface area contributed by atoms with Crippen molar-refractivity contribution in [1.29, 1.82) is 0 Å². The number of aliphatic hydroxyl groups is 1. The Balaban J connectivity index is 1.84. The van der Waals surface area contributed by atoms with E-state index in [9.17, 15) is 49.9 Å². The van der Waals surface area contributed by atoms with Crippen molar-refractivity contribution in [3.63, 3.8) is 0 Å². The lowest BCUT2D eigenvalue weighted by Gasteiger charge is -2.38. The molecule has 0 spiro atoms. The highest BCUT2D eigenvalue weighted by Crippen LogP contribution is 2.43. The first-order valence-electron chi connectivity index (χ1n) is 14.4. The molecular formula is C30H37F5N4O7S. The molecule has 0 aliphatic carbocycles. The molecule has 2 aromatic rings. The number of rotatable bonds is 9. The van der Waals surface area contributed by atoms with Gasteiger partial charge in [0, 0.05) is 12.0 Å². The van der Waals surface area contributed by atoms with Gasteiger partial charge in [0.15, 0.2) is 0 Å². The van der Waals surface area contributed by atoms with Gasteiger partial charge in [-0.05, 0) is 88.9 Å². The van der Waals surface area contributed by atoms with Crippen molar-refractivity contribution in [1.82, 2.24) is 16.2 Å². The summed E-state index contributed by atoms with van der Waals surface area (Å²) in [5, 5.41) is 12.7. The summed E-state index contributed by atoms with van der Waals surface area (Å²) in [5.74, 6) is -2.27. The summed E-state index contributed by atoms with van der Waals surface area (Å²) in [7, 11) is -4.56. The second-order valence-electron chi connectivity index (χ2n) is 12.8. The van der Waals surface area contributed by atoms with Gasteiger partial charge < -0.3 is 15.2 Å². The van der Waals surface area contributed by atoms with Crippen LogP contribution in [0.3, 0.4) is 0 Å².